The maximum atomic E-state index is 12.4. The number of aromatic nitrogens is 3. The summed E-state index contributed by atoms with van der Waals surface area (Å²) in [7, 11) is 1.97. The maximum Gasteiger partial charge on any atom is 0.227 e. The Morgan fingerprint density at radius 2 is 1.90 bits per heavy atom. The van der Waals surface area contributed by atoms with E-state index in [0.29, 0.717) is 0 Å². The van der Waals surface area contributed by atoms with Crippen molar-refractivity contribution in [1.29, 1.82) is 0 Å². The van der Waals surface area contributed by atoms with Gasteiger partial charge in [0.2, 0.25) is 11.9 Å². The molecule has 0 radical (unpaired) electrons. The molecule has 0 spiro atoms. The Kier molecular flexibility index (Phi) is 4.65. The average molecular weight is 291 g/mol. The fourth-order valence-electron chi connectivity index (χ4n) is 2.72. The first-order valence-electron chi connectivity index (χ1n) is 7.44. The van der Waals surface area contributed by atoms with Crippen molar-refractivity contribution >= 4 is 11.9 Å². The van der Waals surface area contributed by atoms with Crippen LogP contribution in [-0.2, 0) is 11.8 Å². The van der Waals surface area contributed by atoms with E-state index in [1.807, 2.05) is 37.3 Å². The van der Waals surface area contributed by atoms with Gasteiger partial charge >= 0.3 is 0 Å². The SMILES string of the molecule is C=C(C)CC(C)C(=O)N1CCN(c2nnc(C)n2C)CC1. The third kappa shape index (κ3) is 3.43. The standard InChI is InChI=1S/C15H25N5O/c1-11(2)10-12(3)14(21)19-6-8-20(9-7-19)15-17-16-13(4)18(15)5/h12H,1,6-10H2,2-5H3. The molecule has 0 saturated carbocycles. The summed E-state index contributed by atoms with van der Waals surface area (Å²) < 4.78 is 1.99. The molecular weight excluding hydrogens is 266 g/mol. The second kappa shape index (κ2) is 6.28. The molecule has 0 bridgehead atoms. The van der Waals surface area contributed by atoms with Gasteiger partial charge in [0.25, 0.3) is 0 Å². The van der Waals surface area contributed by atoms with Gasteiger partial charge in [0.15, 0.2) is 0 Å². The topological polar surface area (TPSA) is 54.3 Å². The van der Waals surface area contributed by atoms with Gasteiger partial charge in [0, 0.05) is 39.1 Å². The van der Waals surface area contributed by atoms with E-state index >= 15 is 0 Å². The Balaban J connectivity index is 1.92. The van der Waals surface area contributed by atoms with E-state index in [0.717, 1.165) is 49.9 Å². The summed E-state index contributed by atoms with van der Waals surface area (Å²) in [4.78, 5) is 16.5. The van der Waals surface area contributed by atoms with Crippen LogP contribution in [0.1, 0.15) is 26.1 Å². The minimum atomic E-state index is 0.0196. The summed E-state index contributed by atoms with van der Waals surface area (Å²) >= 11 is 0. The predicted octanol–water partition coefficient (Wildman–Crippen LogP) is 1.37. The summed E-state index contributed by atoms with van der Waals surface area (Å²) in [5.74, 6) is 2.03. The molecular formula is C15H25N5O. The Labute approximate surface area is 126 Å². The number of carbonyl (C=O) groups excluding carboxylic acids is 1. The first-order valence-corrected chi connectivity index (χ1v) is 7.44. The van der Waals surface area contributed by atoms with Crippen LogP contribution in [0.5, 0.6) is 0 Å². The van der Waals surface area contributed by atoms with Crippen molar-refractivity contribution in [2.75, 3.05) is 31.1 Å². The number of aryl methyl sites for hydroxylation is 1. The molecule has 1 aromatic rings. The highest BCUT2D eigenvalue weighted by molar-refractivity contribution is 5.79. The predicted molar refractivity (Wildman–Crippen MR) is 83.1 cm³/mol. The third-order valence-corrected chi connectivity index (χ3v) is 4.02. The van der Waals surface area contributed by atoms with Crippen LogP contribution in [0.15, 0.2) is 12.2 Å². The van der Waals surface area contributed by atoms with Gasteiger partial charge < -0.3 is 14.4 Å². The smallest absolute Gasteiger partial charge is 0.227 e. The largest absolute Gasteiger partial charge is 0.339 e. The highest BCUT2D eigenvalue weighted by atomic mass is 16.2. The molecule has 1 aliphatic rings. The number of anilines is 1. The second-order valence-corrected chi connectivity index (χ2v) is 5.98. The van der Waals surface area contributed by atoms with E-state index in [1.54, 1.807) is 0 Å². The van der Waals surface area contributed by atoms with Gasteiger partial charge in [-0.05, 0) is 20.3 Å². The molecule has 0 N–H and O–H groups in total. The fourth-order valence-corrected chi connectivity index (χ4v) is 2.72. The lowest BCUT2D eigenvalue weighted by molar-refractivity contribution is -0.135. The minimum absolute atomic E-state index is 0.0196. The first-order chi connectivity index (χ1) is 9.90. The van der Waals surface area contributed by atoms with Gasteiger partial charge in [0.1, 0.15) is 5.82 Å². The van der Waals surface area contributed by atoms with Gasteiger partial charge in [-0.3, -0.25) is 4.79 Å². The lowest BCUT2D eigenvalue weighted by atomic mass is 10.0. The van der Waals surface area contributed by atoms with Gasteiger partial charge in [-0.1, -0.05) is 12.5 Å². The van der Waals surface area contributed by atoms with Crippen LogP contribution in [0, 0.1) is 12.8 Å². The maximum absolute atomic E-state index is 12.4. The van der Waals surface area contributed by atoms with E-state index in [-0.39, 0.29) is 11.8 Å². The molecule has 1 saturated heterocycles. The Bertz CT molecular complexity index is 528. The highest BCUT2D eigenvalue weighted by Gasteiger charge is 2.26. The summed E-state index contributed by atoms with van der Waals surface area (Å²) in [5, 5.41) is 8.29. The first kappa shape index (κ1) is 15.5. The van der Waals surface area contributed by atoms with Crippen molar-refractivity contribution < 1.29 is 4.79 Å². The highest BCUT2D eigenvalue weighted by Crippen LogP contribution is 2.17. The molecule has 2 heterocycles. The molecule has 6 nitrogen and oxygen atoms in total. The van der Waals surface area contributed by atoms with Crippen LogP contribution >= 0.6 is 0 Å². The van der Waals surface area contributed by atoms with Crippen LogP contribution in [0.4, 0.5) is 5.95 Å². The van der Waals surface area contributed by atoms with Gasteiger partial charge in [0.05, 0.1) is 0 Å². The number of carbonyl (C=O) groups is 1. The van der Waals surface area contributed by atoms with E-state index in [1.165, 1.54) is 0 Å². The van der Waals surface area contributed by atoms with Crippen molar-refractivity contribution in [3.63, 3.8) is 0 Å². The molecule has 1 unspecified atom stereocenters. The molecule has 1 fully saturated rings. The van der Waals surface area contributed by atoms with Gasteiger partial charge in [-0.15, -0.1) is 16.8 Å². The van der Waals surface area contributed by atoms with E-state index in [9.17, 15) is 4.79 Å². The molecule has 1 aliphatic heterocycles. The van der Waals surface area contributed by atoms with Crippen LogP contribution in [0.2, 0.25) is 0 Å². The van der Waals surface area contributed by atoms with Crippen molar-refractivity contribution in [3.05, 3.63) is 18.0 Å². The van der Waals surface area contributed by atoms with E-state index in [4.69, 9.17) is 0 Å². The van der Waals surface area contributed by atoms with Crippen molar-refractivity contribution in [2.24, 2.45) is 13.0 Å². The Morgan fingerprint density at radius 1 is 1.29 bits per heavy atom. The summed E-state index contributed by atoms with van der Waals surface area (Å²) in [6.07, 6.45) is 0.765. The van der Waals surface area contributed by atoms with E-state index < -0.39 is 0 Å². The third-order valence-electron chi connectivity index (χ3n) is 4.02. The lowest BCUT2D eigenvalue weighted by Gasteiger charge is -2.36. The minimum Gasteiger partial charge on any atom is -0.339 e. The number of amides is 1. The molecule has 2 rings (SSSR count). The second-order valence-electron chi connectivity index (χ2n) is 5.98. The zero-order valence-electron chi connectivity index (χ0n) is 13.5. The number of rotatable bonds is 4. The molecule has 0 aliphatic carbocycles. The molecule has 1 atom stereocenters. The number of nitrogens with zero attached hydrogens (tertiary/aromatic N) is 5. The normalized spacial score (nSPS) is 17.0. The summed E-state index contributed by atoms with van der Waals surface area (Å²) in [5.41, 5.74) is 1.06. The Hall–Kier alpha value is -1.85. The Morgan fingerprint density at radius 3 is 2.38 bits per heavy atom. The fraction of sp³-hybridized carbons (Fsp3) is 0.667. The number of hydrogen-bond donors (Lipinski definition) is 0. The van der Waals surface area contributed by atoms with Crippen LogP contribution in [0.3, 0.4) is 0 Å². The van der Waals surface area contributed by atoms with E-state index in [2.05, 4.69) is 21.7 Å². The molecule has 6 heteroatoms. The molecule has 1 amide bonds. The quantitative estimate of drug-likeness (QED) is 0.786. The monoisotopic (exact) mass is 291 g/mol. The van der Waals surface area contributed by atoms with Crippen molar-refractivity contribution in [3.8, 4) is 0 Å². The molecule has 21 heavy (non-hydrogen) atoms. The molecule has 0 aromatic carbocycles. The number of hydrogen-bond acceptors (Lipinski definition) is 4. The van der Waals surface area contributed by atoms with Gasteiger partial charge in [-0.2, -0.15) is 0 Å². The molecule has 116 valence electrons. The van der Waals surface area contributed by atoms with Crippen LogP contribution < -0.4 is 4.90 Å². The number of allylic oxidation sites excluding steroid dienone is 1. The van der Waals surface area contributed by atoms with Gasteiger partial charge in [-0.25, -0.2) is 0 Å². The van der Waals surface area contributed by atoms with Crippen molar-refractivity contribution in [2.45, 2.75) is 27.2 Å². The van der Waals surface area contributed by atoms with Crippen LogP contribution in [0.25, 0.3) is 0 Å². The lowest BCUT2D eigenvalue weighted by Crippen LogP contribution is -2.50. The average Bonchev–Trinajstić information content (AvgIpc) is 2.78. The van der Waals surface area contributed by atoms with Crippen molar-refractivity contribution in [1.82, 2.24) is 19.7 Å². The number of piperazine rings is 1. The van der Waals surface area contributed by atoms with Crippen LogP contribution in [-0.4, -0.2) is 51.8 Å². The molecule has 1 aromatic heterocycles. The zero-order valence-corrected chi connectivity index (χ0v) is 13.5. The zero-order chi connectivity index (χ0) is 15.6. The summed E-state index contributed by atoms with van der Waals surface area (Å²) in [6.45, 7) is 12.9. The summed E-state index contributed by atoms with van der Waals surface area (Å²) in [6, 6.07) is 0.